The normalized spacial score (nSPS) is 10.7. The van der Waals surface area contributed by atoms with Crippen LogP contribution in [0.25, 0.3) is 5.69 Å². The van der Waals surface area contributed by atoms with E-state index in [1.807, 2.05) is 48.9 Å². The monoisotopic (exact) mass is 331 g/mol. The van der Waals surface area contributed by atoms with E-state index in [-0.39, 0.29) is 5.91 Å². The lowest BCUT2D eigenvalue weighted by molar-refractivity contribution is 0.103. The van der Waals surface area contributed by atoms with Crippen molar-refractivity contribution in [1.29, 1.82) is 0 Å². The molecule has 0 bridgehead atoms. The summed E-state index contributed by atoms with van der Waals surface area (Å²) in [6.07, 6.45) is 0. The smallest absolute Gasteiger partial charge is 0.265 e. The highest BCUT2D eigenvalue weighted by Crippen LogP contribution is 2.26. The molecule has 22 heavy (non-hydrogen) atoms. The Morgan fingerprint density at radius 1 is 1.18 bits per heavy atom. The quantitative estimate of drug-likeness (QED) is 0.770. The molecule has 4 nitrogen and oxygen atoms in total. The summed E-state index contributed by atoms with van der Waals surface area (Å²) in [5, 5.41) is 7.44. The van der Waals surface area contributed by atoms with Crippen LogP contribution in [0.3, 0.4) is 0 Å². The lowest BCUT2D eigenvalue weighted by Gasteiger charge is -2.06. The third-order valence-electron chi connectivity index (χ3n) is 3.33. The average Bonchev–Trinajstić information content (AvgIpc) is 3.07. The first-order chi connectivity index (χ1) is 10.6. The molecule has 0 aliphatic carbocycles. The summed E-state index contributed by atoms with van der Waals surface area (Å²) in [4.78, 5) is 12.9. The maximum atomic E-state index is 12.3. The number of thiophene rings is 1. The van der Waals surface area contributed by atoms with E-state index in [2.05, 4.69) is 10.4 Å². The zero-order valence-electron chi connectivity index (χ0n) is 12.1. The van der Waals surface area contributed by atoms with Crippen molar-refractivity contribution in [3.05, 3.63) is 63.1 Å². The summed E-state index contributed by atoms with van der Waals surface area (Å²) >= 11 is 7.13. The average molecular weight is 332 g/mol. The van der Waals surface area contributed by atoms with Crippen molar-refractivity contribution < 1.29 is 4.79 Å². The first-order valence-electron chi connectivity index (χ1n) is 6.74. The first-order valence-corrected chi connectivity index (χ1v) is 7.94. The Bertz CT molecular complexity index is 823. The number of aryl methyl sites for hydroxylation is 1. The maximum absolute atomic E-state index is 12.3. The Balaban J connectivity index is 1.92. The maximum Gasteiger partial charge on any atom is 0.265 e. The van der Waals surface area contributed by atoms with Gasteiger partial charge in [-0.15, -0.1) is 11.3 Å². The molecule has 3 rings (SSSR count). The molecule has 0 saturated heterocycles. The molecule has 2 heterocycles. The van der Waals surface area contributed by atoms with E-state index in [1.54, 1.807) is 12.1 Å². The highest BCUT2D eigenvalue weighted by molar-refractivity contribution is 7.18. The molecule has 0 unspecified atom stereocenters. The number of amides is 1. The molecule has 1 aromatic carbocycles. The topological polar surface area (TPSA) is 46.9 Å². The minimum atomic E-state index is -0.171. The number of nitrogens with zero attached hydrogens (tertiary/aromatic N) is 2. The van der Waals surface area contributed by atoms with Gasteiger partial charge in [-0.2, -0.15) is 5.10 Å². The zero-order chi connectivity index (χ0) is 15.7. The molecule has 0 spiro atoms. The first kappa shape index (κ1) is 14.8. The summed E-state index contributed by atoms with van der Waals surface area (Å²) in [5.41, 5.74) is 3.36. The number of hydrogen-bond donors (Lipinski definition) is 1. The Morgan fingerprint density at radius 2 is 1.91 bits per heavy atom. The van der Waals surface area contributed by atoms with Gasteiger partial charge in [0.1, 0.15) is 0 Å². The summed E-state index contributed by atoms with van der Waals surface area (Å²) in [7, 11) is 0. The van der Waals surface area contributed by atoms with E-state index >= 15 is 0 Å². The van der Waals surface area contributed by atoms with Gasteiger partial charge in [0, 0.05) is 0 Å². The molecule has 0 aliphatic rings. The van der Waals surface area contributed by atoms with Crippen molar-refractivity contribution in [1.82, 2.24) is 9.78 Å². The number of halogens is 1. The molecule has 0 saturated carbocycles. The van der Waals surface area contributed by atoms with E-state index in [1.165, 1.54) is 11.3 Å². The van der Waals surface area contributed by atoms with Crippen molar-refractivity contribution in [2.45, 2.75) is 13.8 Å². The van der Waals surface area contributed by atoms with Gasteiger partial charge in [-0.3, -0.25) is 4.79 Å². The number of para-hydroxylation sites is 1. The molecule has 3 aromatic rings. The van der Waals surface area contributed by atoms with Crippen molar-refractivity contribution in [2.75, 3.05) is 5.32 Å². The molecule has 112 valence electrons. The zero-order valence-corrected chi connectivity index (χ0v) is 13.7. The fraction of sp³-hybridized carbons (Fsp3) is 0.125. The minimum Gasteiger partial charge on any atom is -0.318 e. The number of carbonyl (C=O) groups excluding carboxylic acids is 1. The van der Waals surface area contributed by atoms with Crippen LogP contribution in [-0.4, -0.2) is 15.7 Å². The van der Waals surface area contributed by atoms with Crippen molar-refractivity contribution in [3.63, 3.8) is 0 Å². The molecule has 1 amide bonds. The van der Waals surface area contributed by atoms with Gasteiger partial charge < -0.3 is 5.32 Å². The predicted molar refractivity (Wildman–Crippen MR) is 90.3 cm³/mol. The molecular formula is C16H14ClN3OS. The lowest BCUT2D eigenvalue weighted by Crippen LogP contribution is -2.11. The number of rotatable bonds is 3. The second kappa shape index (κ2) is 5.94. The van der Waals surface area contributed by atoms with Crippen LogP contribution < -0.4 is 5.32 Å². The van der Waals surface area contributed by atoms with Gasteiger partial charge in [-0.25, -0.2) is 4.68 Å². The van der Waals surface area contributed by atoms with Crippen LogP contribution in [0.5, 0.6) is 0 Å². The van der Waals surface area contributed by atoms with Crippen LogP contribution in [-0.2, 0) is 0 Å². The second-order valence-corrected chi connectivity index (χ2v) is 6.57. The number of aromatic nitrogens is 2. The van der Waals surface area contributed by atoms with Crippen molar-refractivity contribution >= 4 is 34.5 Å². The SMILES string of the molecule is Cc1nn(-c2ccccc2)c(C)c1NC(=O)c1ccc(Cl)s1. The van der Waals surface area contributed by atoms with E-state index in [9.17, 15) is 4.79 Å². The van der Waals surface area contributed by atoms with Crippen molar-refractivity contribution in [2.24, 2.45) is 0 Å². The Kier molecular flexibility index (Phi) is 4.00. The third-order valence-corrected chi connectivity index (χ3v) is 4.56. The number of hydrogen-bond acceptors (Lipinski definition) is 3. The summed E-state index contributed by atoms with van der Waals surface area (Å²) in [6, 6.07) is 13.3. The summed E-state index contributed by atoms with van der Waals surface area (Å²) in [5.74, 6) is -0.171. The molecule has 0 fully saturated rings. The van der Waals surface area contributed by atoms with Crippen LogP contribution in [0, 0.1) is 13.8 Å². The number of carbonyl (C=O) groups is 1. The van der Waals surface area contributed by atoms with Gasteiger partial charge in [0.05, 0.1) is 32.0 Å². The highest BCUT2D eigenvalue weighted by Gasteiger charge is 2.17. The molecule has 0 radical (unpaired) electrons. The van der Waals surface area contributed by atoms with E-state index < -0.39 is 0 Å². The Labute approximate surface area is 137 Å². The van der Waals surface area contributed by atoms with Crippen LogP contribution in [0.15, 0.2) is 42.5 Å². The second-order valence-electron chi connectivity index (χ2n) is 4.85. The number of anilines is 1. The molecular weight excluding hydrogens is 318 g/mol. The van der Waals surface area contributed by atoms with Gasteiger partial charge >= 0.3 is 0 Å². The van der Waals surface area contributed by atoms with Gasteiger partial charge in [0.25, 0.3) is 5.91 Å². The number of benzene rings is 1. The Hall–Kier alpha value is -2.11. The Morgan fingerprint density at radius 3 is 2.55 bits per heavy atom. The molecule has 0 aliphatic heterocycles. The van der Waals surface area contributed by atoms with Crippen LogP contribution in [0.2, 0.25) is 4.34 Å². The van der Waals surface area contributed by atoms with E-state index in [4.69, 9.17) is 11.6 Å². The van der Waals surface area contributed by atoms with E-state index in [0.29, 0.717) is 9.21 Å². The van der Waals surface area contributed by atoms with Crippen LogP contribution >= 0.6 is 22.9 Å². The molecule has 1 N–H and O–H groups in total. The van der Waals surface area contributed by atoms with Gasteiger partial charge in [0.2, 0.25) is 0 Å². The fourth-order valence-electron chi connectivity index (χ4n) is 2.26. The third kappa shape index (κ3) is 2.77. The lowest BCUT2D eigenvalue weighted by atomic mass is 10.3. The van der Waals surface area contributed by atoms with E-state index in [0.717, 1.165) is 22.8 Å². The highest BCUT2D eigenvalue weighted by atomic mass is 35.5. The largest absolute Gasteiger partial charge is 0.318 e. The van der Waals surface area contributed by atoms with Crippen LogP contribution in [0.1, 0.15) is 21.1 Å². The molecule has 2 aromatic heterocycles. The van der Waals surface area contributed by atoms with Gasteiger partial charge in [-0.1, -0.05) is 29.8 Å². The standard InChI is InChI=1S/C16H14ClN3OS/c1-10-15(18-16(21)13-8-9-14(17)22-13)11(2)20(19-10)12-6-4-3-5-7-12/h3-9H,1-2H3,(H,18,21). The molecule has 0 atom stereocenters. The van der Waals surface area contributed by atoms with Gasteiger partial charge in [-0.05, 0) is 38.1 Å². The summed E-state index contributed by atoms with van der Waals surface area (Å²) in [6.45, 7) is 3.81. The number of nitrogens with one attached hydrogen (secondary N) is 1. The van der Waals surface area contributed by atoms with Crippen LogP contribution in [0.4, 0.5) is 5.69 Å². The molecule has 6 heteroatoms. The van der Waals surface area contributed by atoms with Crippen molar-refractivity contribution in [3.8, 4) is 5.69 Å². The minimum absolute atomic E-state index is 0.171. The fourth-order valence-corrected chi connectivity index (χ4v) is 3.19. The predicted octanol–water partition coefficient (Wildman–Crippen LogP) is 4.46. The summed E-state index contributed by atoms with van der Waals surface area (Å²) < 4.78 is 2.42. The van der Waals surface area contributed by atoms with Gasteiger partial charge in [0.15, 0.2) is 0 Å².